The highest BCUT2D eigenvalue weighted by atomic mass is 35.5. The predicted molar refractivity (Wildman–Crippen MR) is 104 cm³/mol. The SMILES string of the molecule is CC[C@@H](Oc1cccc(C)c1C)C(=O)Nc1cc(OC)c(Cl)cc1OC. The Hall–Kier alpha value is -2.40. The summed E-state index contributed by atoms with van der Waals surface area (Å²) in [7, 11) is 3.02. The van der Waals surface area contributed by atoms with Gasteiger partial charge in [-0.15, -0.1) is 0 Å². The molecule has 0 aliphatic heterocycles. The van der Waals surface area contributed by atoms with Gasteiger partial charge in [-0.2, -0.15) is 0 Å². The average Bonchev–Trinajstić information content (AvgIpc) is 2.63. The van der Waals surface area contributed by atoms with Gasteiger partial charge in [0.25, 0.3) is 5.91 Å². The summed E-state index contributed by atoms with van der Waals surface area (Å²) in [5, 5.41) is 3.24. The Morgan fingerprint density at radius 2 is 1.81 bits per heavy atom. The third kappa shape index (κ3) is 4.41. The first-order valence-electron chi connectivity index (χ1n) is 8.36. The second-order valence-electron chi connectivity index (χ2n) is 5.89. The third-order valence-corrected chi connectivity index (χ3v) is 4.51. The number of aryl methyl sites for hydroxylation is 1. The second-order valence-corrected chi connectivity index (χ2v) is 6.30. The zero-order chi connectivity index (χ0) is 19.3. The van der Waals surface area contributed by atoms with E-state index in [-0.39, 0.29) is 5.91 Å². The minimum absolute atomic E-state index is 0.268. The molecule has 0 aliphatic rings. The number of hydrogen-bond acceptors (Lipinski definition) is 4. The fraction of sp³-hybridized carbons (Fsp3) is 0.350. The molecule has 0 aliphatic carbocycles. The van der Waals surface area contributed by atoms with Crippen molar-refractivity contribution in [3.63, 3.8) is 0 Å². The number of methoxy groups -OCH3 is 2. The maximum Gasteiger partial charge on any atom is 0.265 e. The maximum absolute atomic E-state index is 12.7. The summed E-state index contributed by atoms with van der Waals surface area (Å²) < 4.78 is 16.5. The number of anilines is 1. The molecule has 140 valence electrons. The van der Waals surface area contributed by atoms with Crippen LogP contribution in [0.2, 0.25) is 5.02 Å². The van der Waals surface area contributed by atoms with E-state index in [0.29, 0.717) is 34.4 Å². The van der Waals surface area contributed by atoms with Gasteiger partial charge in [0.05, 0.1) is 24.9 Å². The molecule has 0 saturated heterocycles. The van der Waals surface area contributed by atoms with Crippen molar-refractivity contribution in [2.75, 3.05) is 19.5 Å². The molecule has 26 heavy (non-hydrogen) atoms. The van der Waals surface area contributed by atoms with E-state index in [1.807, 2.05) is 39.0 Å². The van der Waals surface area contributed by atoms with Gasteiger partial charge in [-0.1, -0.05) is 30.7 Å². The summed E-state index contributed by atoms with van der Waals surface area (Å²) >= 11 is 6.10. The highest BCUT2D eigenvalue weighted by Crippen LogP contribution is 2.36. The molecular formula is C20H24ClNO4. The molecule has 0 radical (unpaired) electrons. The van der Waals surface area contributed by atoms with Crippen LogP contribution in [0.1, 0.15) is 24.5 Å². The van der Waals surface area contributed by atoms with Gasteiger partial charge < -0.3 is 19.5 Å². The van der Waals surface area contributed by atoms with Crippen LogP contribution >= 0.6 is 11.6 Å². The minimum Gasteiger partial charge on any atom is -0.495 e. The molecule has 0 aromatic heterocycles. The van der Waals surface area contributed by atoms with E-state index in [2.05, 4.69) is 5.32 Å². The molecule has 1 N–H and O–H groups in total. The van der Waals surface area contributed by atoms with Gasteiger partial charge in [0.1, 0.15) is 17.2 Å². The highest BCUT2D eigenvalue weighted by molar-refractivity contribution is 6.32. The molecule has 2 aromatic rings. The summed E-state index contributed by atoms with van der Waals surface area (Å²) in [6.45, 7) is 5.88. The number of nitrogens with one attached hydrogen (secondary N) is 1. The Balaban J connectivity index is 2.23. The van der Waals surface area contributed by atoms with Crippen molar-refractivity contribution in [3.05, 3.63) is 46.5 Å². The molecular weight excluding hydrogens is 354 g/mol. The monoisotopic (exact) mass is 377 g/mol. The van der Waals surface area contributed by atoms with Crippen LogP contribution in [0.25, 0.3) is 0 Å². The van der Waals surface area contributed by atoms with Gasteiger partial charge in [-0.05, 0) is 37.5 Å². The Labute approximate surface area is 159 Å². The van der Waals surface area contributed by atoms with Crippen LogP contribution in [0.3, 0.4) is 0 Å². The van der Waals surface area contributed by atoms with Crippen LogP contribution in [0, 0.1) is 13.8 Å². The van der Waals surface area contributed by atoms with Crippen LogP contribution < -0.4 is 19.5 Å². The van der Waals surface area contributed by atoms with Crippen LogP contribution in [0.15, 0.2) is 30.3 Å². The Morgan fingerprint density at radius 3 is 2.42 bits per heavy atom. The Morgan fingerprint density at radius 1 is 1.12 bits per heavy atom. The highest BCUT2D eigenvalue weighted by Gasteiger charge is 2.22. The number of hydrogen-bond donors (Lipinski definition) is 1. The summed E-state index contributed by atoms with van der Waals surface area (Å²) in [6.07, 6.45) is -0.117. The predicted octanol–water partition coefficient (Wildman–Crippen LogP) is 4.77. The number of halogens is 1. The first-order valence-corrected chi connectivity index (χ1v) is 8.74. The second kappa shape index (κ2) is 8.81. The Kier molecular flexibility index (Phi) is 6.75. The third-order valence-electron chi connectivity index (χ3n) is 4.22. The number of benzene rings is 2. The van der Waals surface area contributed by atoms with Crippen molar-refractivity contribution in [2.24, 2.45) is 0 Å². The van der Waals surface area contributed by atoms with Crippen LogP contribution in [-0.4, -0.2) is 26.2 Å². The molecule has 5 nitrogen and oxygen atoms in total. The molecule has 1 atom stereocenters. The smallest absolute Gasteiger partial charge is 0.265 e. The molecule has 0 saturated carbocycles. The fourth-order valence-electron chi connectivity index (χ4n) is 2.50. The molecule has 0 bridgehead atoms. The van der Waals surface area contributed by atoms with Gasteiger partial charge in [0.15, 0.2) is 6.10 Å². The lowest BCUT2D eigenvalue weighted by atomic mass is 10.1. The van der Waals surface area contributed by atoms with E-state index in [1.165, 1.54) is 14.2 Å². The number of carbonyl (C=O) groups is 1. The van der Waals surface area contributed by atoms with Gasteiger partial charge in [-0.3, -0.25) is 4.79 Å². The van der Waals surface area contributed by atoms with Crippen molar-refractivity contribution in [1.82, 2.24) is 0 Å². The fourth-order valence-corrected chi connectivity index (χ4v) is 2.73. The van der Waals surface area contributed by atoms with Gasteiger partial charge in [0.2, 0.25) is 0 Å². The molecule has 2 rings (SSSR count). The minimum atomic E-state index is -0.637. The lowest BCUT2D eigenvalue weighted by Gasteiger charge is -2.20. The van der Waals surface area contributed by atoms with E-state index in [1.54, 1.807) is 12.1 Å². The van der Waals surface area contributed by atoms with Crippen LogP contribution in [-0.2, 0) is 4.79 Å². The van der Waals surface area contributed by atoms with Crippen molar-refractivity contribution in [1.29, 1.82) is 0 Å². The van der Waals surface area contributed by atoms with Crippen molar-refractivity contribution in [3.8, 4) is 17.2 Å². The summed E-state index contributed by atoms with van der Waals surface area (Å²) in [4.78, 5) is 12.7. The first kappa shape index (κ1) is 19.9. The molecule has 6 heteroatoms. The topological polar surface area (TPSA) is 56.8 Å². The van der Waals surface area contributed by atoms with Crippen molar-refractivity contribution < 1.29 is 19.0 Å². The van der Waals surface area contributed by atoms with Gasteiger partial charge in [-0.25, -0.2) is 0 Å². The normalized spacial score (nSPS) is 11.6. The number of carbonyl (C=O) groups excluding carboxylic acids is 1. The number of amides is 1. The molecule has 2 aromatic carbocycles. The Bertz CT molecular complexity index is 792. The van der Waals surface area contributed by atoms with E-state index in [9.17, 15) is 4.79 Å². The molecule has 0 spiro atoms. The van der Waals surface area contributed by atoms with E-state index >= 15 is 0 Å². The average molecular weight is 378 g/mol. The van der Waals surface area contributed by atoms with Gasteiger partial charge in [0, 0.05) is 12.1 Å². The lowest BCUT2D eigenvalue weighted by Crippen LogP contribution is -2.32. The van der Waals surface area contributed by atoms with E-state index in [4.69, 9.17) is 25.8 Å². The lowest BCUT2D eigenvalue weighted by molar-refractivity contribution is -0.122. The first-order chi connectivity index (χ1) is 12.4. The zero-order valence-electron chi connectivity index (χ0n) is 15.7. The largest absolute Gasteiger partial charge is 0.495 e. The number of ether oxygens (including phenoxy) is 3. The van der Waals surface area contributed by atoms with Crippen molar-refractivity contribution >= 4 is 23.2 Å². The van der Waals surface area contributed by atoms with Crippen LogP contribution in [0.4, 0.5) is 5.69 Å². The molecule has 0 heterocycles. The molecule has 0 unspecified atom stereocenters. The summed E-state index contributed by atoms with van der Waals surface area (Å²) in [6, 6.07) is 9.01. The van der Waals surface area contributed by atoms with E-state index < -0.39 is 6.10 Å². The quantitative estimate of drug-likeness (QED) is 0.755. The molecule has 0 fully saturated rings. The maximum atomic E-state index is 12.7. The molecule has 1 amide bonds. The number of rotatable bonds is 7. The van der Waals surface area contributed by atoms with Gasteiger partial charge >= 0.3 is 0 Å². The summed E-state index contributed by atoms with van der Waals surface area (Å²) in [5.74, 6) is 1.33. The standard InChI is InChI=1S/C20H24ClNO4/c1-6-16(26-17-9-7-8-12(2)13(17)3)20(23)22-15-11-18(24-4)14(21)10-19(15)25-5/h7-11,16H,6H2,1-5H3,(H,22,23)/t16-/m1/s1. The summed E-state index contributed by atoms with van der Waals surface area (Å²) in [5.41, 5.74) is 2.60. The van der Waals surface area contributed by atoms with Crippen LogP contribution in [0.5, 0.6) is 17.2 Å². The van der Waals surface area contributed by atoms with E-state index in [0.717, 1.165) is 11.1 Å². The van der Waals surface area contributed by atoms with Crippen molar-refractivity contribution in [2.45, 2.75) is 33.3 Å². The zero-order valence-corrected chi connectivity index (χ0v) is 16.4.